The summed E-state index contributed by atoms with van der Waals surface area (Å²) in [4.78, 5) is 13.3. The predicted molar refractivity (Wildman–Crippen MR) is 83.7 cm³/mol. The molecule has 1 aromatic rings. The fraction of sp³-hybridized carbons (Fsp3) is 0.533. The Labute approximate surface area is 132 Å². The van der Waals surface area contributed by atoms with E-state index in [0.29, 0.717) is 0 Å². The van der Waals surface area contributed by atoms with E-state index in [1.54, 1.807) is 25.8 Å². The van der Waals surface area contributed by atoms with E-state index in [2.05, 4.69) is 0 Å². The normalized spacial score (nSPS) is 11.9. The van der Waals surface area contributed by atoms with Gasteiger partial charge in [0.25, 0.3) is 10.1 Å². The van der Waals surface area contributed by atoms with Crippen molar-refractivity contribution in [2.24, 2.45) is 0 Å². The molecule has 0 atom stereocenters. The summed E-state index contributed by atoms with van der Waals surface area (Å²) in [6, 6.07) is 9.36. The summed E-state index contributed by atoms with van der Waals surface area (Å²) in [5.41, 5.74) is 0.909. The lowest BCUT2D eigenvalue weighted by atomic mass is 10.2. The van der Waals surface area contributed by atoms with Gasteiger partial charge in [-0.25, -0.2) is 0 Å². The molecule has 0 N–H and O–H groups in total. The lowest BCUT2D eigenvalue weighted by molar-refractivity contribution is -0.145. The number of nitrogens with zero attached hydrogens (tertiary/aromatic N) is 1. The molecule has 0 radical (unpaired) electrons. The van der Waals surface area contributed by atoms with Gasteiger partial charge in [-0.3, -0.25) is 13.9 Å². The number of ether oxygens (including phenoxy) is 1. The van der Waals surface area contributed by atoms with Gasteiger partial charge in [-0.05, 0) is 26.5 Å². The molecule has 1 rings (SSSR count). The Morgan fingerprint density at radius 2 is 1.86 bits per heavy atom. The molecule has 0 amide bonds. The maximum atomic E-state index is 11.7. The van der Waals surface area contributed by atoms with Crippen LogP contribution in [0.4, 0.5) is 0 Å². The van der Waals surface area contributed by atoms with Crippen LogP contribution in [0.3, 0.4) is 0 Å². The zero-order valence-corrected chi connectivity index (χ0v) is 14.0. The summed E-state index contributed by atoms with van der Waals surface area (Å²) < 4.78 is 33.1. The molecule has 1 aromatic carbocycles. The second kappa shape index (κ2) is 8.87. The first-order valence-corrected chi connectivity index (χ1v) is 8.65. The number of carbonyl (C=O) groups excluding carboxylic acids is 1. The molecular weight excluding hydrogens is 306 g/mol. The maximum Gasteiger partial charge on any atom is 0.320 e. The van der Waals surface area contributed by atoms with E-state index >= 15 is 0 Å². The first kappa shape index (κ1) is 18.6. The van der Waals surface area contributed by atoms with E-state index in [4.69, 9.17) is 8.92 Å². The van der Waals surface area contributed by atoms with Crippen LogP contribution in [0.2, 0.25) is 0 Å². The minimum absolute atomic E-state index is 0.0318. The highest BCUT2D eigenvalue weighted by molar-refractivity contribution is 7.86. The molecule has 0 aromatic heterocycles. The first-order chi connectivity index (χ1) is 10.3. The van der Waals surface area contributed by atoms with E-state index in [-0.39, 0.29) is 31.6 Å². The quantitative estimate of drug-likeness (QED) is 0.504. The molecule has 0 spiro atoms. The Balaban J connectivity index is 2.29. The lowest BCUT2D eigenvalue weighted by Gasteiger charge is -2.16. The van der Waals surface area contributed by atoms with E-state index in [1.807, 2.05) is 30.3 Å². The van der Waals surface area contributed by atoms with Crippen molar-refractivity contribution in [3.8, 4) is 0 Å². The van der Waals surface area contributed by atoms with Gasteiger partial charge in [0.05, 0.1) is 18.4 Å². The molecule has 0 aliphatic heterocycles. The Morgan fingerprint density at radius 1 is 1.23 bits per heavy atom. The van der Waals surface area contributed by atoms with E-state index in [1.165, 1.54) is 0 Å². The van der Waals surface area contributed by atoms with Gasteiger partial charge in [-0.2, -0.15) is 8.42 Å². The molecular formula is C15H23NO5S. The van der Waals surface area contributed by atoms with Crippen LogP contribution in [0, 0.1) is 0 Å². The second-order valence-electron chi connectivity index (χ2n) is 5.29. The molecule has 6 nitrogen and oxygen atoms in total. The van der Waals surface area contributed by atoms with Crippen LogP contribution in [0.5, 0.6) is 0 Å². The van der Waals surface area contributed by atoms with Gasteiger partial charge in [0.15, 0.2) is 0 Å². The fourth-order valence-corrected chi connectivity index (χ4v) is 2.91. The molecule has 0 saturated carbocycles. The van der Waals surface area contributed by atoms with Crippen LogP contribution < -0.4 is 0 Å². The van der Waals surface area contributed by atoms with Gasteiger partial charge < -0.3 is 4.74 Å². The molecule has 0 bridgehead atoms. The van der Waals surface area contributed by atoms with Gasteiger partial charge in [0.2, 0.25) is 0 Å². The summed E-state index contributed by atoms with van der Waals surface area (Å²) >= 11 is 0. The number of hydrogen-bond acceptors (Lipinski definition) is 6. The maximum absolute atomic E-state index is 11.7. The topological polar surface area (TPSA) is 72.9 Å². The highest BCUT2D eigenvalue weighted by Crippen LogP contribution is 2.02. The summed E-state index contributed by atoms with van der Waals surface area (Å²) in [5.74, 6) is -0.554. The standard InChI is InChI=1S/C15H23NO5S/c1-13(2)21-22(18,19)10-9-16(3)11-15(17)20-12-14-7-5-4-6-8-14/h4-8,13H,9-12H2,1-3H3. The number of benzene rings is 1. The van der Waals surface area contributed by atoms with Crippen molar-refractivity contribution in [2.45, 2.75) is 26.6 Å². The molecule has 0 fully saturated rings. The van der Waals surface area contributed by atoms with Crippen molar-refractivity contribution in [1.82, 2.24) is 4.90 Å². The molecule has 124 valence electrons. The third kappa shape index (κ3) is 8.11. The number of carbonyl (C=O) groups is 1. The largest absolute Gasteiger partial charge is 0.460 e. The van der Waals surface area contributed by atoms with Gasteiger partial charge in [-0.1, -0.05) is 30.3 Å². The smallest absolute Gasteiger partial charge is 0.320 e. The fourth-order valence-electron chi connectivity index (χ4n) is 1.69. The molecule has 0 aliphatic carbocycles. The van der Waals surface area contributed by atoms with E-state index in [9.17, 15) is 13.2 Å². The Bertz CT molecular complexity index is 557. The summed E-state index contributed by atoms with van der Waals surface area (Å²) in [5, 5.41) is 0. The number of esters is 1. The van der Waals surface area contributed by atoms with Crippen LogP contribution in [-0.2, 0) is 30.4 Å². The van der Waals surface area contributed by atoms with Crippen LogP contribution in [0.1, 0.15) is 19.4 Å². The van der Waals surface area contributed by atoms with Crippen molar-refractivity contribution in [2.75, 3.05) is 25.9 Å². The molecule has 0 heterocycles. The summed E-state index contributed by atoms with van der Waals surface area (Å²) in [6.45, 7) is 3.76. The molecule has 0 aliphatic rings. The second-order valence-corrected chi connectivity index (χ2v) is 7.01. The average molecular weight is 329 g/mol. The summed E-state index contributed by atoms with van der Waals surface area (Å²) in [7, 11) is -1.90. The van der Waals surface area contributed by atoms with Gasteiger partial charge in [0.1, 0.15) is 6.61 Å². The van der Waals surface area contributed by atoms with Gasteiger partial charge in [-0.15, -0.1) is 0 Å². The molecule has 22 heavy (non-hydrogen) atoms. The van der Waals surface area contributed by atoms with Crippen LogP contribution in [0.25, 0.3) is 0 Å². The molecule has 0 unspecified atom stereocenters. The zero-order valence-electron chi connectivity index (χ0n) is 13.2. The Kier molecular flexibility index (Phi) is 7.50. The van der Waals surface area contributed by atoms with Crippen molar-refractivity contribution < 1.29 is 22.1 Å². The third-order valence-electron chi connectivity index (χ3n) is 2.70. The van der Waals surface area contributed by atoms with Gasteiger partial charge >= 0.3 is 5.97 Å². The minimum atomic E-state index is -3.56. The number of rotatable bonds is 9. The van der Waals surface area contributed by atoms with Gasteiger partial charge in [0, 0.05) is 6.54 Å². The summed E-state index contributed by atoms with van der Waals surface area (Å²) in [6.07, 6.45) is -0.383. The highest BCUT2D eigenvalue weighted by Gasteiger charge is 2.16. The van der Waals surface area contributed by atoms with Crippen molar-refractivity contribution in [3.05, 3.63) is 35.9 Å². The number of hydrogen-bond donors (Lipinski definition) is 0. The first-order valence-electron chi connectivity index (χ1n) is 7.07. The highest BCUT2D eigenvalue weighted by atomic mass is 32.2. The van der Waals surface area contributed by atoms with Crippen molar-refractivity contribution >= 4 is 16.1 Å². The third-order valence-corrected chi connectivity index (χ3v) is 4.06. The van der Waals surface area contributed by atoms with E-state index < -0.39 is 16.1 Å². The number of likely N-dealkylation sites (N-methyl/N-ethyl adjacent to an activating group) is 1. The lowest BCUT2D eigenvalue weighted by Crippen LogP contribution is -2.32. The Morgan fingerprint density at radius 3 is 2.45 bits per heavy atom. The monoisotopic (exact) mass is 329 g/mol. The van der Waals surface area contributed by atoms with Crippen LogP contribution >= 0.6 is 0 Å². The van der Waals surface area contributed by atoms with Crippen LogP contribution in [0.15, 0.2) is 30.3 Å². The van der Waals surface area contributed by atoms with Crippen molar-refractivity contribution in [3.63, 3.8) is 0 Å². The SMILES string of the molecule is CC(C)OS(=O)(=O)CCN(C)CC(=O)OCc1ccccc1. The van der Waals surface area contributed by atoms with Crippen LogP contribution in [-0.4, -0.2) is 51.3 Å². The molecule has 0 saturated heterocycles. The predicted octanol–water partition coefficient (Wildman–Crippen LogP) is 1.42. The average Bonchev–Trinajstić information content (AvgIpc) is 2.43. The molecule has 7 heteroatoms. The minimum Gasteiger partial charge on any atom is -0.460 e. The zero-order chi connectivity index (χ0) is 16.6. The Hall–Kier alpha value is -1.44. The van der Waals surface area contributed by atoms with E-state index in [0.717, 1.165) is 5.56 Å². The van der Waals surface area contributed by atoms with Crippen molar-refractivity contribution in [1.29, 1.82) is 0 Å².